The van der Waals surface area contributed by atoms with Crippen molar-refractivity contribution in [2.45, 2.75) is 44.7 Å². The van der Waals surface area contributed by atoms with Crippen LogP contribution in [0.15, 0.2) is 29.3 Å². The van der Waals surface area contributed by atoms with Crippen LogP contribution in [0.1, 0.15) is 38.7 Å². The number of hydrogen-bond acceptors (Lipinski definition) is 2. The van der Waals surface area contributed by atoms with Gasteiger partial charge in [0.15, 0.2) is 5.96 Å². The van der Waals surface area contributed by atoms with Crippen LogP contribution >= 0.6 is 24.0 Å². The fourth-order valence-electron chi connectivity index (χ4n) is 2.73. The second kappa shape index (κ2) is 8.82. The summed E-state index contributed by atoms with van der Waals surface area (Å²) in [4.78, 5) is 18.0. The largest absolute Gasteiger partial charge is 0.353 e. The summed E-state index contributed by atoms with van der Waals surface area (Å²) >= 11 is 0. The number of nitrogens with zero attached hydrogens (tertiary/aromatic N) is 2. The van der Waals surface area contributed by atoms with Crippen molar-refractivity contribution in [2.75, 3.05) is 20.6 Å². The number of rotatable bonds is 4. The number of carbonyl (C=O) groups excluding carboxylic acids is 1. The van der Waals surface area contributed by atoms with Crippen molar-refractivity contribution in [3.63, 3.8) is 0 Å². The molecule has 1 aliphatic rings. The fraction of sp³-hybridized carbons (Fsp3) is 0.556. The number of guanidine groups is 1. The summed E-state index contributed by atoms with van der Waals surface area (Å²) in [5.41, 5.74) is 0.472. The summed E-state index contributed by atoms with van der Waals surface area (Å²) in [6, 6.07) is 7.01. The highest BCUT2D eigenvalue weighted by molar-refractivity contribution is 14.0. The molecule has 2 atom stereocenters. The van der Waals surface area contributed by atoms with Gasteiger partial charge in [-0.1, -0.05) is 18.2 Å². The highest BCUT2D eigenvalue weighted by atomic mass is 127. The highest BCUT2D eigenvalue weighted by Crippen LogP contribution is 2.41. The van der Waals surface area contributed by atoms with Crippen LogP contribution in [0.4, 0.5) is 4.39 Å². The number of aliphatic imine (C=N–C) groups is 1. The molecule has 140 valence electrons. The number of likely N-dealkylation sites (N-methyl/N-ethyl adjacent to an activating group) is 1. The van der Waals surface area contributed by atoms with E-state index in [2.05, 4.69) is 15.6 Å². The zero-order chi connectivity index (χ0) is 17.9. The molecule has 1 amide bonds. The van der Waals surface area contributed by atoms with E-state index in [1.54, 1.807) is 18.0 Å². The van der Waals surface area contributed by atoms with Crippen molar-refractivity contribution < 1.29 is 9.18 Å². The van der Waals surface area contributed by atoms with Crippen molar-refractivity contribution >= 4 is 35.8 Å². The molecule has 1 aromatic carbocycles. The van der Waals surface area contributed by atoms with Gasteiger partial charge in [-0.3, -0.25) is 9.79 Å². The molecule has 5 nitrogen and oxygen atoms in total. The molecule has 2 rings (SSSR count). The van der Waals surface area contributed by atoms with Crippen LogP contribution < -0.4 is 10.6 Å². The van der Waals surface area contributed by atoms with Crippen molar-refractivity contribution in [3.8, 4) is 0 Å². The molecule has 1 fully saturated rings. The maximum absolute atomic E-state index is 13.8. The van der Waals surface area contributed by atoms with Crippen LogP contribution in [0.25, 0.3) is 0 Å². The van der Waals surface area contributed by atoms with Gasteiger partial charge in [0.05, 0.1) is 6.54 Å². The first-order valence-corrected chi connectivity index (χ1v) is 8.21. The van der Waals surface area contributed by atoms with E-state index in [0.29, 0.717) is 5.96 Å². The van der Waals surface area contributed by atoms with Crippen molar-refractivity contribution in [1.82, 2.24) is 15.5 Å². The second-order valence-electron chi connectivity index (χ2n) is 7.32. The molecule has 1 aromatic rings. The van der Waals surface area contributed by atoms with Gasteiger partial charge in [-0.15, -0.1) is 24.0 Å². The Morgan fingerprint density at radius 1 is 1.36 bits per heavy atom. The first kappa shape index (κ1) is 21.7. The Morgan fingerprint density at radius 2 is 2.00 bits per heavy atom. The van der Waals surface area contributed by atoms with E-state index < -0.39 is 0 Å². The third kappa shape index (κ3) is 6.45. The molecule has 25 heavy (non-hydrogen) atoms. The number of amides is 1. The van der Waals surface area contributed by atoms with Crippen LogP contribution in [0.3, 0.4) is 0 Å². The smallest absolute Gasteiger partial charge is 0.240 e. The Hall–Kier alpha value is -1.38. The molecule has 1 aliphatic carbocycles. The van der Waals surface area contributed by atoms with Gasteiger partial charge in [0.1, 0.15) is 5.82 Å². The normalized spacial score (nSPS) is 19.7. The van der Waals surface area contributed by atoms with Gasteiger partial charge in [0, 0.05) is 31.6 Å². The Balaban J connectivity index is 0.00000312. The molecule has 0 bridgehead atoms. The monoisotopic (exact) mass is 462 g/mol. The number of hydrogen-bond donors (Lipinski definition) is 2. The van der Waals surface area contributed by atoms with Gasteiger partial charge in [0.2, 0.25) is 5.91 Å². The lowest BCUT2D eigenvalue weighted by Gasteiger charge is -2.25. The fourth-order valence-corrected chi connectivity index (χ4v) is 2.73. The number of benzene rings is 1. The third-order valence-corrected chi connectivity index (χ3v) is 3.88. The molecule has 1 saturated carbocycles. The standard InChI is InChI=1S/C18H27FN4O.HI/c1-18(2,3)22-16(24)11-23(5)17(20-4)21-15-10-13(15)12-8-6-7-9-14(12)19;/h6-9,13,15H,10-11H2,1-5H3,(H,20,21)(H,22,24);1H. The number of nitrogens with one attached hydrogen (secondary N) is 2. The molecule has 0 spiro atoms. The number of halogens is 2. The zero-order valence-electron chi connectivity index (χ0n) is 15.5. The van der Waals surface area contributed by atoms with E-state index in [4.69, 9.17) is 0 Å². The lowest BCUT2D eigenvalue weighted by molar-refractivity contribution is -0.122. The predicted octanol–water partition coefficient (Wildman–Crippen LogP) is 2.72. The molecular formula is C18H28FIN4O. The number of carbonyl (C=O) groups is 1. The minimum atomic E-state index is -0.263. The van der Waals surface area contributed by atoms with Gasteiger partial charge in [-0.25, -0.2) is 4.39 Å². The molecule has 0 saturated heterocycles. The average Bonchev–Trinajstić information content (AvgIpc) is 3.22. The summed E-state index contributed by atoms with van der Waals surface area (Å²) < 4.78 is 13.8. The van der Waals surface area contributed by atoms with Crippen LogP contribution in [-0.2, 0) is 4.79 Å². The van der Waals surface area contributed by atoms with Gasteiger partial charge in [0.25, 0.3) is 0 Å². The summed E-state index contributed by atoms with van der Waals surface area (Å²) in [6.07, 6.45) is 0.863. The van der Waals surface area contributed by atoms with E-state index in [9.17, 15) is 9.18 Å². The van der Waals surface area contributed by atoms with Gasteiger partial charge < -0.3 is 15.5 Å². The van der Waals surface area contributed by atoms with Crippen LogP contribution in [0, 0.1) is 5.82 Å². The lowest BCUT2D eigenvalue weighted by Crippen LogP contribution is -2.49. The third-order valence-electron chi connectivity index (χ3n) is 3.88. The maximum atomic E-state index is 13.8. The van der Waals surface area contributed by atoms with E-state index in [0.717, 1.165) is 12.0 Å². The topological polar surface area (TPSA) is 56.7 Å². The SMILES string of the molecule is CN=C(NC1CC1c1ccccc1F)N(C)CC(=O)NC(C)(C)C.I. The summed E-state index contributed by atoms with van der Waals surface area (Å²) in [5.74, 6) is 0.566. The lowest BCUT2D eigenvalue weighted by atomic mass is 10.1. The first-order valence-electron chi connectivity index (χ1n) is 8.21. The van der Waals surface area contributed by atoms with Crippen molar-refractivity contribution in [3.05, 3.63) is 35.6 Å². The second-order valence-corrected chi connectivity index (χ2v) is 7.32. The molecule has 0 radical (unpaired) electrons. The first-order chi connectivity index (χ1) is 11.2. The summed E-state index contributed by atoms with van der Waals surface area (Å²) in [5, 5.41) is 6.24. The quantitative estimate of drug-likeness (QED) is 0.411. The predicted molar refractivity (Wildman–Crippen MR) is 110 cm³/mol. The van der Waals surface area contributed by atoms with E-state index >= 15 is 0 Å². The van der Waals surface area contributed by atoms with Gasteiger partial charge >= 0.3 is 0 Å². The Morgan fingerprint density at radius 3 is 2.56 bits per heavy atom. The Labute approximate surface area is 166 Å². The Bertz CT molecular complexity index is 630. The zero-order valence-corrected chi connectivity index (χ0v) is 17.8. The van der Waals surface area contributed by atoms with Crippen molar-refractivity contribution in [1.29, 1.82) is 0 Å². The maximum Gasteiger partial charge on any atom is 0.240 e. The molecule has 2 unspecified atom stereocenters. The van der Waals surface area contributed by atoms with Crippen LogP contribution in [0.5, 0.6) is 0 Å². The summed E-state index contributed by atoms with van der Waals surface area (Å²) in [7, 11) is 3.50. The molecule has 0 heterocycles. The average molecular weight is 462 g/mol. The minimum Gasteiger partial charge on any atom is -0.353 e. The summed E-state index contributed by atoms with van der Waals surface area (Å²) in [6.45, 7) is 6.05. The van der Waals surface area contributed by atoms with Crippen LogP contribution in [-0.4, -0.2) is 49.0 Å². The van der Waals surface area contributed by atoms with E-state index in [1.807, 2.05) is 40.0 Å². The molecular weight excluding hydrogens is 434 g/mol. The van der Waals surface area contributed by atoms with Gasteiger partial charge in [-0.2, -0.15) is 0 Å². The molecule has 7 heteroatoms. The molecule has 0 aliphatic heterocycles. The van der Waals surface area contributed by atoms with E-state index in [-0.39, 0.29) is 59.7 Å². The van der Waals surface area contributed by atoms with E-state index in [1.165, 1.54) is 6.07 Å². The highest BCUT2D eigenvalue weighted by Gasteiger charge is 2.40. The van der Waals surface area contributed by atoms with Crippen LogP contribution in [0.2, 0.25) is 0 Å². The minimum absolute atomic E-state index is 0. The van der Waals surface area contributed by atoms with Crippen molar-refractivity contribution in [2.24, 2.45) is 4.99 Å². The molecule has 0 aromatic heterocycles. The Kier molecular flexibility index (Phi) is 7.64. The molecule has 2 N–H and O–H groups in total. The van der Waals surface area contributed by atoms with Gasteiger partial charge in [-0.05, 0) is 38.8 Å².